The first-order valence-electron chi connectivity index (χ1n) is 9.93. The third kappa shape index (κ3) is 3.77. The maximum atomic E-state index is 14.5. The molecule has 1 fully saturated rings. The second kappa shape index (κ2) is 7.88. The number of rotatable bonds is 4. The predicted molar refractivity (Wildman–Crippen MR) is 114 cm³/mol. The van der Waals surface area contributed by atoms with Gasteiger partial charge in [-0.2, -0.15) is 0 Å². The number of halogens is 1. The number of nitrogens with zero attached hydrogens (tertiary/aromatic N) is 4. The molecule has 0 radical (unpaired) electrons. The predicted octanol–water partition coefficient (Wildman–Crippen LogP) is 3.34. The van der Waals surface area contributed by atoms with Gasteiger partial charge >= 0.3 is 0 Å². The van der Waals surface area contributed by atoms with Crippen LogP contribution in [-0.2, 0) is 0 Å². The van der Waals surface area contributed by atoms with Crippen molar-refractivity contribution in [2.75, 3.05) is 7.11 Å². The number of alkyl halides is 1. The molecule has 31 heavy (non-hydrogen) atoms. The summed E-state index contributed by atoms with van der Waals surface area (Å²) in [5.74, 6) is 0.900. The zero-order chi connectivity index (χ0) is 21.4. The van der Waals surface area contributed by atoms with Crippen LogP contribution in [-0.4, -0.2) is 50.6 Å². The number of fused-ring (bicyclic) bond motifs is 2. The topological polar surface area (TPSA) is 93.0 Å². The van der Waals surface area contributed by atoms with E-state index in [2.05, 4.69) is 25.5 Å². The Balaban J connectivity index is 1.38. The van der Waals surface area contributed by atoms with Gasteiger partial charge in [-0.3, -0.25) is 0 Å². The van der Waals surface area contributed by atoms with Gasteiger partial charge < -0.3 is 15.2 Å². The fraction of sp³-hybridized carbons (Fsp3) is 0.217. The molecule has 0 amide bonds. The number of phenolic OH excluding ortho intramolecular Hbond substituents is 1. The molecule has 3 aromatic rings. The summed E-state index contributed by atoms with van der Waals surface area (Å²) in [6.07, 6.45) is 8.19. The third-order valence-electron chi connectivity index (χ3n) is 5.53. The summed E-state index contributed by atoms with van der Waals surface area (Å²) < 4.78 is 19.7. The fourth-order valence-corrected chi connectivity index (χ4v) is 3.92. The van der Waals surface area contributed by atoms with Gasteiger partial charge in [0.25, 0.3) is 0 Å². The largest absolute Gasteiger partial charge is 0.507 e. The second-order valence-corrected chi connectivity index (χ2v) is 7.53. The first-order valence-corrected chi connectivity index (χ1v) is 9.93. The number of methoxy groups -OCH3 is 1. The summed E-state index contributed by atoms with van der Waals surface area (Å²) >= 11 is 0. The number of aromatic hydroxyl groups is 1. The molecule has 7 nitrogen and oxygen atoms in total. The molecule has 2 aliphatic heterocycles. The molecule has 2 N–H and O–H groups in total. The molecule has 3 atom stereocenters. The molecule has 1 saturated heterocycles. The van der Waals surface area contributed by atoms with E-state index in [0.717, 1.165) is 11.1 Å². The molecule has 2 bridgehead atoms. The number of hydrogen-bond donors (Lipinski definition) is 2. The second-order valence-electron chi connectivity index (χ2n) is 7.53. The number of ether oxygens (including phenoxy) is 1. The van der Waals surface area contributed by atoms with Crippen LogP contribution < -0.4 is 10.1 Å². The molecule has 4 heterocycles. The van der Waals surface area contributed by atoms with Gasteiger partial charge in [-0.1, -0.05) is 18.2 Å². The van der Waals surface area contributed by atoms with E-state index >= 15 is 0 Å². The molecule has 2 aromatic heterocycles. The summed E-state index contributed by atoms with van der Waals surface area (Å²) in [5, 5.41) is 22.0. The first-order chi connectivity index (χ1) is 15.1. The molecule has 156 valence electrons. The monoisotopic (exact) mass is 417 g/mol. The molecule has 0 unspecified atom stereocenters. The lowest BCUT2D eigenvalue weighted by atomic mass is 9.96. The maximum Gasteiger partial charge on any atom is 0.213 e. The van der Waals surface area contributed by atoms with Crippen LogP contribution in [0.2, 0.25) is 0 Å². The van der Waals surface area contributed by atoms with Gasteiger partial charge in [0.05, 0.1) is 19.3 Å². The van der Waals surface area contributed by atoms with Crippen LogP contribution in [0.3, 0.4) is 0 Å². The van der Waals surface area contributed by atoms with Crippen LogP contribution in [0.4, 0.5) is 4.39 Å². The molecule has 2 aliphatic rings. The van der Waals surface area contributed by atoms with Crippen molar-refractivity contribution >= 4 is 6.08 Å². The van der Waals surface area contributed by atoms with Crippen molar-refractivity contribution in [2.24, 2.45) is 0 Å². The van der Waals surface area contributed by atoms with Gasteiger partial charge in [-0.05, 0) is 47.4 Å². The van der Waals surface area contributed by atoms with Crippen molar-refractivity contribution in [2.45, 2.75) is 24.7 Å². The van der Waals surface area contributed by atoms with Gasteiger partial charge in [-0.15, -0.1) is 10.2 Å². The number of hydrogen-bond acceptors (Lipinski definition) is 7. The molecule has 5 rings (SSSR count). The maximum absolute atomic E-state index is 14.5. The summed E-state index contributed by atoms with van der Waals surface area (Å²) in [5.41, 5.74) is 3.28. The summed E-state index contributed by atoms with van der Waals surface area (Å²) in [4.78, 5) is 8.40. The van der Waals surface area contributed by atoms with E-state index in [0.29, 0.717) is 35.0 Å². The average Bonchev–Trinajstić information content (AvgIpc) is 3.21. The Hall–Kier alpha value is -3.65. The summed E-state index contributed by atoms with van der Waals surface area (Å²) in [6.45, 7) is 0. The van der Waals surface area contributed by atoms with Crippen LogP contribution in [0, 0.1) is 0 Å². The van der Waals surface area contributed by atoms with Gasteiger partial charge in [0.15, 0.2) is 5.82 Å². The minimum absolute atomic E-state index is 0.0558. The highest BCUT2D eigenvalue weighted by atomic mass is 19.1. The van der Waals surface area contributed by atoms with Crippen LogP contribution >= 0.6 is 0 Å². The summed E-state index contributed by atoms with van der Waals surface area (Å²) in [7, 11) is 1.55. The van der Waals surface area contributed by atoms with E-state index < -0.39 is 6.17 Å². The Morgan fingerprint density at radius 1 is 1.13 bits per heavy atom. The highest BCUT2D eigenvalue weighted by molar-refractivity contribution is 5.74. The van der Waals surface area contributed by atoms with Crippen LogP contribution in [0.15, 0.2) is 60.5 Å². The lowest BCUT2D eigenvalue weighted by Crippen LogP contribution is -2.43. The van der Waals surface area contributed by atoms with E-state index in [4.69, 9.17) is 4.74 Å². The number of nitrogens with one attached hydrogen (secondary N) is 1. The molecule has 0 saturated carbocycles. The van der Waals surface area contributed by atoms with E-state index in [9.17, 15) is 9.50 Å². The lowest BCUT2D eigenvalue weighted by molar-refractivity contribution is 0.285. The molecule has 0 aliphatic carbocycles. The quantitative estimate of drug-likeness (QED) is 0.629. The fourth-order valence-electron chi connectivity index (χ4n) is 3.92. The van der Waals surface area contributed by atoms with Crippen molar-refractivity contribution < 1.29 is 14.2 Å². The number of piperidine rings is 1. The summed E-state index contributed by atoms with van der Waals surface area (Å²) in [6, 6.07) is 8.77. The minimum atomic E-state index is -1.10. The number of pyridine rings is 1. The molecule has 0 spiro atoms. The first kappa shape index (κ1) is 19.3. The van der Waals surface area contributed by atoms with Crippen LogP contribution in [0.5, 0.6) is 11.6 Å². The average molecular weight is 417 g/mol. The Morgan fingerprint density at radius 3 is 2.77 bits per heavy atom. The highest BCUT2D eigenvalue weighted by Gasteiger charge is 2.34. The van der Waals surface area contributed by atoms with Crippen molar-refractivity contribution in [1.82, 2.24) is 25.5 Å². The van der Waals surface area contributed by atoms with Gasteiger partial charge in [-0.25, -0.2) is 14.4 Å². The zero-order valence-corrected chi connectivity index (χ0v) is 16.7. The number of benzene rings is 1. The molecular weight excluding hydrogens is 397 g/mol. The Kier molecular flexibility index (Phi) is 4.91. The molecular formula is C23H20FN5O2. The minimum Gasteiger partial charge on any atom is -0.507 e. The highest BCUT2D eigenvalue weighted by Crippen LogP contribution is 2.33. The normalized spacial score (nSPS) is 23.3. The van der Waals surface area contributed by atoms with Crippen molar-refractivity contribution in [3.05, 3.63) is 66.3 Å². The van der Waals surface area contributed by atoms with Crippen molar-refractivity contribution in [1.29, 1.82) is 0 Å². The van der Waals surface area contributed by atoms with Crippen molar-refractivity contribution in [3.8, 4) is 34.0 Å². The number of phenols is 1. The van der Waals surface area contributed by atoms with Gasteiger partial charge in [0.2, 0.25) is 5.88 Å². The Bertz CT molecular complexity index is 1180. The van der Waals surface area contributed by atoms with E-state index in [1.807, 2.05) is 24.3 Å². The van der Waals surface area contributed by atoms with Crippen LogP contribution in [0.1, 0.15) is 12.2 Å². The van der Waals surface area contributed by atoms with Crippen molar-refractivity contribution in [3.63, 3.8) is 0 Å². The molecule has 8 heteroatoms. The lowest BCUT2D eigenvalue weighted by Gasteiger charge is -2.27. The van der Waals surface area contributed by atoms with Gasteiger partial charge in [0, 0.05) is 23.9 Å². The Morgan fingerprint density at radius 2 is 2.00 bits per heavy atom. The van der Waals surface area contributed by atoms with E-state index in [1.165, 1.54) is 6.20 Å². The van der Waals surface area contributed by atoms with Gasteiger partial charge in [0.1, 0.15) is 17.6 Å². The van der Waals surface area contributed by atoms with E-state index in [-0.39, 0.29) is 17.8 Å². The zero-order valence-electron chi connectivity index (χ0n) is 16.7. The Labute approximate surface area is 178 Å². The molecule has 1 aromatic carbocycles. The third-order valence-corrected chi connectivity index (χ3v) is 5.53. The van der Waals surface area contributed by atoms with E-state index in [1.54, 1.807) is 37.6 Å². The van der Waals surface area contributed by atoms with Crippen LogP contribution in [0.25, 0.3) is 28.5 Å². The smallest absolute Gasteiger partial charge is 0.213 e. The SMILES string of the molecule is COc1cc(-c2ccc(-c3cnc(/C=C4\C[C@H]5C=C[C@H](N5)[C@@H]4F)nn3)c(O)c2)ccn1. The standard InChI is InChI=1S/C23H20FN5O2/c1-31-22-11-14(6-7-25-22)13-2-4-17(20(30)9-13)19-12-26-21(29-28-19)10-15-8-16-3-5-18(27-16)23(15)24/h2-7,9-12,16,18,23,27,30H,8H2,1H3/b15-10+/t16-,18+,23-/m1/s1. The number of aromatic nitrogens is 4.